The zero-order chi connectivity index (χ0) is 15.1. The van der Waals surface area contributed by atoms with Crippen molar-refractivity contribution in [1.82, 2.24) is 0 Å². The van der Waals surface area contributed by atoms with Crippen molar-refractivity contribution in [2.75, 3.05) is 20.8 Å². The van der Waals surface area contributed by atoms with E-state index in [0.29, 0.717) is 12.8 Å². The van der Waals surface area contributed by atoms with Crippen molar-refractivity contribution in [1.29, 1.82) is 0 Å². The quantitative estimate of drug-likeness (QED) is 0.608. The first-order valence-electron chi connectivity index (χ1n) is 6.17. The molecule has 20 heavy (non-hydrogen) atoms. The molecule has 0 aliphatic carbocycles. The van der Waals surface area contributed by atoms with Gasteiger partial charge in [-0.2, -0.15) is 0 Å². The first kappa shape index (κ1) is 15.8. The van der Waals surface area contributed by atoms with Gasteiger partial charge in [0.15, 0.2) is 23.9 Å². The number of esters is 1. The van der Waals surface area contributed by atoms with Crippen molar-refractivity contribution in [2.24, 2.45) is 0 Å². The predicted octanol–water partition coefficient (Wildman–Crippen LogP) is 1.94. The van der Waals surface area contributed by atoms with Crippen LogP contribution >= 0.6 is 0 Å². The molecule has 1 N–H and O–H groups in total. The largest absolute Gasteiger partial charge is 0.507 e. The summed E-state index contributed by atoms with van der Waals surface area (Å²) < 4.78 is 14.7. The maximum absolute atomic E-state index is 11.9. The van der Waals surface area contributed by atoms with Gasteiger partial charge in [-0.25, -0.2) is 4.79 Å². The molecule has 0 spiro atoms. The minimum Gasteiger partial charge on any atom is -0.507 e. The Kier molecular flexibility index (Phi) is 5.83. The second-order valence-corrected chi connectivity index (χ2v) is 4.06. The third-order valence-corrected chi connectivity index (χ3v) is 2.63. The molecule has 6 heteroatoms. The Morgan fingerprint density at radius 2 is 1.90 bits per heavy atom. The lowest BCUT2D eigenvalue weighted by Gasteiger charge is -2.12. The highest BCUT2D eigenvalue weighted by Crippen LogP contribution is 2.35. The number of benzene rings is 1. The summed E-state index contributed by atoms with van der Waals surface area (Å²) in [5.41, 5.74) is 0.146. The summed E-state index contributed by atoms with van der Waals surface area (Å²) in [5, 5.41) is 9.82. The van der Waals surface area contributed by atoms with Crippen LogP contribution in [0.4, 0.5) is 0 Å². The van der Waals surface area contributed by atoms with Crippen LogP contribution in [0.3, 0.4) is 0 Å². The molecule has 0 aliphatic heterocycles. The summed E-state index contributed by atoms with van der Waals surface area (Å²) in [6.45, 7) is 1.56. The number of ketones is 1. The van der Waals surface area contributed by atoms with Gasteiger partial charge in [-0.1, -0.05) is 6.92 Å². The van der Waals surface area contributed by atoms with Crippen molar-refractivity contribution in [3.63, 3.8) is 0 Å². The van der Waals surface area contributed by atoms with E-state index in [1.165, 1.54) is 26.4 Å². The number of phenols is 1. The normalized spacial score (nSPS) is 9.95. The van der Waals surface area contributed by atoms with E-state index in [0.717, 1.165) is 0 Å². The fraction of sp³-hybridized carbons (Fsp3) is 0.429. The summed E-state index contributed by atoms with van der Waals surface area (Å²) >= 11 is 0. The molecule has 1 aromatic rings. The molecule has 0 amide bonds. The van der Waals surface area contributed by atoms with Crippen LogP contribution in [-0.4, -0.2) is 37.7 Å². The Bertz CT molecular complexity index is 495. The number of rotatable bonds is 7. The molecule has 0 saturated carbocycles. The Labute approximate surface area is 117 Å². The number of phenolic OH excluding ortho intramolecular Hbond substituents is 1. The third kappa shape index (κ3) is 3.88. The molecule has 1 rings (SSSR count). The Morgan fingerprint density at radius 1 is 1.20 bits per heavy atom. The lowest BCUT2D eigenvalue weighted by molar-refractivity contribution is -0.142. The van der Waals surface area contributed by atoms with Crippen LogP contribution in [0.5, 0.6) is 17.2 Å². The minimum absolute atomic E-state index is 0.146. The molecule has 110 valence electrons. The standard InChI is InChI=1S/C14H18O6/c1-4-5-10(15)9-6-13(20-8-14(17)19-3)12(18-2)7-11(9)16/h6-7,16H,4-5,8H2,1-3H3. The van der Waals surface area contributed by atoms with Crippen molar-refractivity contribution in [3.8, 4) is 17.2 Å². The minimum atomic E-state index is -0.554. The number of Topliss-reactive ketones (excluding diaryl/α,β-unsaturated/α-hetero) is 1. The van der Waals surface area contributed by atoms with Crippen LogP contribution in [0.2, 0.25) is 0 Å². The van der Waals surface area contributed by atoms with Gasteiger partial charge in [0.05, 0.1) is 19.8 Å². The second kappa shape index (κ2) is 7.37. The van der Waals surface area contributed by atoms with E-state index >= 15 is 0 Å². The van der Waals surface area contributed by atoms with E-state index in [1.807, 2.05) is 6.92 Å². The number of carbonyl (C=O) groups excluding carboxylic acids is 2. The van der Waals surface area contributed by atoms with Crippen molar-refractivity contribution in [3.05, 3.63) is 17.7 Å². The van der Waals surface area contributed by atoms with E-state index in [9.17, 15) is 14.7 Å². The summed E-state index contributed by atoms with van der Waals surface area (Å²) in [4.78, 5) is 22.9. The van der Waals surface area contributed by atoms with Gasteiger partial charge in [0.2, 0.25) is 0 Å². The monoisotopic (exact) mass is 282 g/mol. The number of methoxy groups -OCH3 is 2. The number of hydrogen-bond acceptors (Lipinski definition) is 6. The van der Waals surface area contributed by atoms with Gasteiger partial charge in [0, 0.05) is 12.5 Å². The highest BCUT2D eigenvalue weighted by atomic mass is 16.6. The van der Waals surface area contributed by atoms with Gasteiger partial charge in [-0.3, -0.25) is 4.79 Å². The summed E-state index contributed by atoms with van der Waals surface area (Å²) in [6, 6.07) is 2.66. The topological polar surface area (TPSA) is 82.1 Å². The molecular formula is C14H18O6. The van der Waals surface area contributed by atoms with Gasteiger partial charge in [-0.05, 0) is 12.5 Å². The zero-order valence-corrected chi connectivity index (χ0v) is 11.8. The van der Waals surface area contributed by atoms with Crippen LogP contribution in [0.1, 0.15) is 30.1 Å². The summed E-state index contributed by atoms with van der Waals surface area (Å²) in [6.07, 6.45) is 0.985. The second-order valence-electron chi connectivity index (χ2n) is 4.06. The van der Waals surface area contributed by atoms with Gasteiger partial charge >= 0.3 is 5.97 Å². The van der Waals surface area contributed by atoms with E-state index in [-0.39, 0.29) is 35.2 Å². The number of carbonyl (C=O) groups is 2. The molecule has 0 saturated heterocycles. The van der Waals surface area contributed by atoms with E-state index < -0.39 is 5.97 Å². The fourth-order valence-corrected chi connectivity index (χ4v) is 1.60. The fourth-order valence-electron chi connectivity index (χ4n) is 1.60. The van der Waals surface area contributed by atoms with Crippen molar-refractivity contribution >= 4 is 11.8 Å². The molecule has 0 aromatic heterocycles. The summed E-state index contributed by atoms with van der Waals surface area (Å²) in [5.74, 6) is -0.488. The van der Waals surface area contributed by atoms with Crippen LogP contribution < -0.4 is 9.47 Å². The number of aromatic hydroxyl groups is 1. The SMILES string of the molecule is CCCC(=O)c1cc(OCC(=O)OC)c(OC)cc1O. The van der Waals surface area contributed by atoms with Crippen LogP contribution in [-0.2, 0) is 9.53 Å². The molecule has 0 aliphatic rings. The van der Waals surface area contributed by atoms with Gasteiger partial charge in [0.25, 0.3) is 0 Å². The molecule has 0 unspecified atom stereocenters. The molecule has 6 nitrogen and oxygen atoms in total. The van der Waals surface area contributed by atoms with Gasteiger partial charge in [0.1, 0.15) is 5.75 Å². The maximum Gasteiger partial charge on any atom is 0.343 e. The molecule has 0 fully saturated rings. The molecule has 0 heterocycles. The molecule has 1 aromatic carbocycles. The average molecular weight is 282 g/mol. The third-order valence-electron chi connectivity index (χ3n) is 2.63. The van der Waals surface area contributed by atoms with Crippen molar-refractivity contribution in [2.45, 2.75) is 19.8 Å². The molecule has 0 bridgehead atoms. The van der Waals surface area contributed by atoms with Crippen LogP contribution in [0.25, 0.3) is 0 Å². The van der Waals surface area contributed by atoms with Crippen molar-refractivity contribution < 1.29 is 28.9 Å². The lowest BCUT2D eigenvalue weighted by atomic mass is 10.1. The molecule has 0 radical (unpaired) electrons. The number of ether oxygens (including phenoxy) is 3. The van der Waals surface area contributed by atoms with Gasteiger partial charge < -0.3 is 19.3 Å². The van der Waals surface area contributed by atoms with Crippen LogP contribution in [0, 0.1) is 0 Å². The highest BCUT2D eigenvalue weighted by Gasteiger charge is 2.17. The van der Waals surface area contributed by atoms with E-state index in [2.05, 4.69) is 4.74 Å². The predicted molar refractivity (Wildman–Crippen MR) is 71.4 cm³/mol. The molecular weight excluding hydrogens is 264 g/mol. The highest BCUT2D eigenvalue weighted by molar-refractivity contribution is 5.99. The van der Waals surface area contributed by atoms with Gasteiger partial charge in [-0.15, -0.1) is 0 Å². The first-order valence-corrected chi connectivity index (χ1v) is 6.17. The Hall–Kier alpha value is -2.24. The van der Waals surface area contributed by atoms with Crippen LogP contribution in [0.15, 0.2) is 12.1 Å². The van der Waals surface area contributed by atoms with E-state index in [4.69, 9.17) is 9.47 Å². The summed E-state index contributed by atoms with van der Waals surface area (Å²) in [7, 11) is 2.64. The average Bonchev–Trinajstić information content (AvgIpc) is 2.45. The zero-order valence-electron chi connectivity index (χ0n) is 11.8. The Morgan fingerprint density at radius 3 is 2.45 bits per heavy atom. The first-order chi connectivity index (χ1) is 9.53. The smallest absolute Gasteiger partial charge is 0.343 e. The maximum atomic E-state index is 11.9. The van der Waals surface area contributed by atoms with E-state index in [1.54, 1.807) is 0 Å². The lowest BCUT2D eigenvalue weighted by Crippen LogP contribution is -2.13. The Balaban J connectivity index is 3.04. The molecule has 0 atom stereocenters. The number of hydrogen-bond donors (Lipinski definition) is 1.